The molecule has 11 nitrogen and oxygen atoms in total. The number of carboxylic acid groups (broad SMARTS) is 1. The quantitative estimate of drug-likeness (QED) is 0.355. The number of benzene rings is 1. The molecular weight excluding hydrogens is 589 g/mol. The number of fused-ring (bicyclic) bond motifs is 1. The minimum absolute atomic E-state index is 0.0232. The number of nitrogens with zero attached hydrogens (tertiary/aromatic N) is 3. The van der Waals surface area contributed by atoms with E-state index in [1.807, 2.05) is 12.1 Å². The number of hydrogen-bond acceptors (Lipinski definition) is 7. The molecule has 2 saturated carbocycles. The van der Waals surface area contributed by atoms with E-state index in [2.05, 4.69) is 15.6 Å². The minimum Gasteiger partial charge on any atom is -0.465 e. The zero-order valence-corrected chi connectivity index (χ0v) is 25.5. The average molecular weight is 630 g/mol. The number of carbonyl (C=O) groups excluding carboxylic acids is 3. The number of aromatic nitrogens is 1. The van der Waals surface area contributed by atoms with Gasteiger partial charge >= 0.3 is 12.2 Å². The average Bonchev–Trinajstić information content (AvgIpc) is 3.77. The van der Waals surface area contributed by atoms with Crippen molar-refractivity contribution in [2.45, 2.75) is 76.3 Å². The summed E-state index contributed by atoms with van der Waals surface area (Å²) in [5.74, 6) is -0.133. The van der Waals surface area contributed by atoms with Crippen LogP contribution in [0.4, 0.5) is 24.8 Å². The van der Waals surface area contributed by atoms with Crippen molar-refractivity contribution in [2.75, 3.05) is 36.6 Å². The first-order chi connectivity index (χ1) is 21.3. The van der Waals surface area contributed by atoms with E-state index in [4.69, 9.17) is 9.84 Å². The number of alkyl halides is 1. The number of anilines is 2. The van der Waals surface area contributed by atoms with Gasteiger partial charge in [-0.1, -0.05) is 43.4 Å². The highest BCUT2D eigenvalue weighted by Gasteiger charge is 2.47. The van der Waals surface area contributed by atoms with Gasteiger partial charge in [-0.05, 0) is 68.1 Å². The number of ether oxygens (including phenoxy) is 1. The zero-order valence-electron chi connectivity index (χ0n) is 24.7. The second-order valence-corrected chi connectivity index (χ2v) is 13.6. The topological polar surface area (TPSA) is 141 Å². The van der Waals surface area contributed by atoms with Gasteiger partial charge in [-0.2, -0.15) is 0 Å². The fourth-order valence-corrected chi connectivity index (χ4v) is 8.81. The first kappa shape index (κ1) is 30.5. The van der Waals surface area contributed by atoms with E-state index in [1.165, 1.54) is 22.7 Å². The molecule has 1 aromatic carbocycles. The highest BCUT2D eigenvalue weighted by Crippen LogP contribution is 2.42. The number of likely N-dealkylation sites (tertiary alicyclic amines) is 1. The van der Waals surface area contributed by atoms with Gasteiger partial charge in [0.2, 0.25) is 11.8 Å². The predicted molar refractivity (Wildman–Crippen MR) is 163 cm³/mol. The Labute approximate surface area is 259 Å². The third-order valence-electron chi connectivity index (χ3n) is 10.1. The lowest BCUT2D eigenvalue weighted by Gasteiger charge is -2.37. The number of cyclic esters (lactones) is 1. The van der Waals surface area contributed by atoms with Crippen LogP contribution in [0.1, 0.15) is 64.2 Å². The van der Waals surface area contributed by atoms with Crippen LogP contribution in [0.25, 0.3) is 10.2 Å². The molecule has 13 heteroatoms. The smallest absolute Gasteiger partial charge is 0.416 e. The molecule has 3 atom stereocenters. The lowest BCUT2D eigenvalue weighted by molar-refractivity contribution is -0.142. The van der Waals surface area contributed by atoms with Gasteiger partial charge in [0.1, 0.15) is 19.3 Å². The Morgan fingerprint density at radius 3 is 2.52 bits per heavy atom. The molecule has 0 bridgehead atoms. The molecular formula is C31H40FN5O6S. The molecule has 4 amide bonds. The van der Waals surface area contributed by atoms with Gasteiger partial charge in [0, 0.05) is 18.2 Å². The van der Waals surface area contributed by atoms with Crippen LogP contribution >= 0.6 is 11.3 Å². The Bertz CT molecular complexity index is 1390. The van der Waals surface area contributed by atoms with Crippen molar-refractivity contribution in [2.24, 2.45) is 23.7 Å². The highest BCUT2D eigenvalue weighted by molar-refractivity contribution is 7.22. The summed E-state index contributed by atoms with van der Waals surface area (Å²) in [5.41, 5.74) is 1.34. The van der Waals surface area contributed by atoms with Crippen molar-refractivity contribution in [1.82, 2.24) is 15.2 Å². The van der Waals surface area contributed by atoms with Crippen molar-refractivity contribution >= 4 is 56.4 Å². The Kier molecular flexibility index (Phi) is 9.20. The van der Waals surface area contributed by atoms with E-state index in [1.54, 1.807) is 11.0 Å². The number of rotatable bonds is 8. The highest BCUT2D eigenvalue weighted by atomic mass is 32.1. The maximum Gasteiger partial charge on any atom is 0.416 e. The molecule has 4 fully saturated rings. The van der Waals surface area contributed by atoms with Gasteiger partial charge in [-0.25, -0.2) is 23.9 Å². The van der Waals surface area contributed by atoms with Crippen molar-refractivity contribution in [3.05, 3.63) is 18.2 Å². The molecule has 2 aliphatic carbocycles. The van der Waals surface area contributed by atoms with Gasteiger partial charge < -0.3 is 25.4 Å². The van der Waals surface area contributed by atoms with Crippen LogP contribution in [0, 0.1) is 23.7 Å². The molecule has 0 radical (unpaired) electrons. The molecule has 238 valence electrons. The van der Waals surface area contributed by atoms with E-state index in [0.29, 0.717) is 62.1 Å². The van der Waals surface area contributed by atoms with E-state index in [0.717, 1.165) is 42.3 Å². The molecule has 2 aromatic rings. The summed E-state index contributed by atoms with van der Waals surface area (Å²) in [5, 5.41) is 15.0. The van der Waals surface area contributed by atoms with Crippen LogP contribution in [-0.2, 0) is 14.3 Å². The second kappa shape index (κ2) is 13.3. The van der Waals surface area contributed by atoms with E-state index in [9.17, 15) is 23.6 Å². The van der Waals surface area contributed by atoms with Crippen LogP contribution in [0.2, 0.25) is 0 Å². The number of hydrogen-bond donors (Lipinski definition) is 3. The number of thiazole rings is 1. The third kappa shape index (κ3) is 6.33. The van der Waals surface area contributed by atoms with E-state index >= 15 is 0 Å². The van der Waals surface area contributed by atoms with Gasteiger partial charge in [0.25, 0.3) is 0 Å². The molecule has 0 unspecified atom stereocenters. The second-order valence-electron chi connectivity index (χ2n) is 12.6. The standard InChI is InChI=1S/C31H40FN5O6S/c32-17-24(35-30(40)41)19-6-8-20(9-7-19)28(39)36-13-12-22(18-4-2-1-3-5-18)26(36)27(38)33-21-10-11-23-25(16-21)44-29(34-23)37-14-15-43-31(37)42/h10-11,16,18-20,22,24,26,35H,1-9,12-15,17H2,(H,33,38)(H,40,41)/t19-,20-,22-,24+,26-/m0/s1. The molecule has 1 aromatic heterocycles. The van der Waals surface area contributed by atoms with E-state index in [-0.39, 0.29) is 29.6 Å². The number of nitrogens with one attached hydrogen (secondary N) is 2. The molecule has 0 spiro atoms. The number of carbonyl (C=O) groups is 4. The minimum atomic E-state index is -1.24. The molecule has 3 heterocycles. The third-order valence-corrected chi connectivity index (χ3v) is 11.1. The summed E-state index contributed by atoms with van der Waals surface area (Å²) in [6.45, 7) is 0.547. The van der Waals surface area contributed by atoms with Gasteiger partial charge in [0.05, 0.1) is 22.8 Å². The fraction of sp³-hybridized carbons (Fsp3) is 0.645. The molecule has 4 aliphatic rings. The summed E-state index contributed by atoms with van der Waals surface area (Å²) in [7, 11) is 0. The Morgan fingerprint density at radius 2 is 1.84 bits per heavy atom. The first-order valence-corrected chi connectivity index (χ1v) is 16.7. The zero-order chi connectivity index (χ0) is 30.8. The summed E-state index contributed by atoms with van der Waals surface area (Å²) in [6.07, 6.45) is 6.99. The summed E-state index contributed by atoms with van der Waals surface area (Å²) >= 11 is 1.36. The number of amides is 4. The van der Waals surface area contributed by atoms with Crippen LogP contribution in [-0.4, -0.2) is 77.4 Å². The van der Waals surface area contributed by atoms with Crippen molar-refractivity contribution in [3.8, 4) is 0 Å². The maximum absolute atomic E-state index is 14.0. The van der Waals surface area contributed by atoms with Gasteiger partial charge in [-0.3, -0.25) is 9.59 Å². The Morgan fingerprint density at radius 1 is 1.07 bits per heavy atom. The summed E-state index contributed by atoms with van der Waals surface area (Å²) in [6, 6.07) is 4.16. The van der Waals surface area contributed by atoms with Crippen LogP contribution in [0.15, 0.2) is 18.2 Å². The SMILES string of the molecule is O=C(O)N[C@H](CF)[C@H]1CC[C@H](C(=O)N2CC[C@@H](C3CCCCC3)[C@H]2C(=O)Nc2ccc3nc(N4CCOC4=O)sc3c2)CC1. The first-order valence-electron chi connectivity index (χ1n) is 15.8. The summed E-state index contributed by atoms with van der Waals surface area (Å²) < 4.78 is 19.4. The van der Waals surface area contributed by atoms with Crippen molar-refractivity contribution in [1.29, 1.82) is 0 Å². The van der Waals surface area contributed by atoms with Gasteiger partial charge in [0.15, 0.2) is 5.13 Å². The lowest BCUT2D eigenvalue weighted by atomic mass is 9.76. The Hall–Kier alpha value is -3.48. The van der Waals surface area contributed by atoms with Crippen LogP contribution in [0.3, 0.4) is 0 Å². The lowest BCUT2D eigenvalue weighted by Crippen LogP contribution is -2.50. The number of halogens is 1. The molecule has 2 saturated heterocycles. The molecule has 3 N–H and O–H groups in total. The van der Waals surface area contributed by atoms with Crippen LogP contribution < -0.4 is 15.5 Å². The fourth-order valence-electron chi connectivity index (χ4n) is 7.79. The normalized spacial score (nSPS) is 26.9. The van der Waals surface area contributed by atoms with Crippen LogP contribution in [0.5, 0.6) is 0 Å². The van der Waals surface area contributed by atoms with E-state index < -0.39 is 30.9 Å². The summed E-state index contributed by atoms with van der Waals surface area (Å²) in [4.78, 5) is 59.0. The van der Waals surface area contributed by atoms with Crippen molar-refractivity contribution < 1.29 is 33.4 Å². The van der Waals surface area contributed by atoms with Crippen molar-refractivity contribution in [3.63, 3.8) is 0 Å². The largest absolute Gasteiger partial charge is 0.465 e. The molecule has 44 heavy (non-hydrogen) atoms. The Balaban J connectivity index is 1.17. The monoisotopic (exact) mass is 629 g/mol. The molecule has 2 aliphatic heterocycles. The predicted octanol–water partition coefficient (Wildman–Crippen LogP) is 5.40. The van der Waals surface area contributed by atoms with Gasteiger partial charge in [-0.15, -0.1) is 0 Å². The maximum atomic E-state index is 14.0. The molecule has 6 rings (SSSR count).